The van der Waals surface area contributed by atoms with Crippen molar-refractivity contribution in [1.82, 2.24) is 20.2 Å². The minimum atomic E-state index is -4.53. The zero-order valence-electron chi connectivity index (χ0n) is 17.1. The molecule has 3 aromatic heterocycles. The number of piperidine rings is 1. The fourth-order valence-corrected chi connectivity index (χ4v) is 4.10. The van der Waals surface area contributed by atoms with Crippen LogP contribution >= 0.6 is 0 Å². The molecule has 4 heterocycles. The highest BCUT2D eigenvalue weighted by Gasteiger charge is 2.36. The lowest BCUT2D eigenvalue weighted by Gasteiger charge is -2.34. The molecule has 6 nitrogen and oxygen atoms in total. The molecule has 0 saturated carbocycles. The number of benzene rings is 1. The second kappa shape index (κ2) is 8.14. The van der Waals surface area contributed by atoms with E-state index in [0.29, 0.717) is 36.0 Å². The topological polar surface area (TPSA) is 69.7 Å². The number of nitrogens with one attached hydrogen (secondary N) is 2. The second-order valence-electron chi connectivity index (χ2n) is 7.81. The van der Waals surface area contributed by atoms with Crippen LogP contribution in [0.5, 0.6) is 0 Å². The minimum absolute atomic E-state index is 0. The highest BCUT2D eigenvalue weighted by molar-refractivity contribution is 5.90. The number of rotatable bonds is 4. The van der Waals surface area contributed by atoms with Crippen LogP contribution in [0, 0.1) is 0 Å². The van der Waals surface area contributed by atoms with Crippen molar-refractivity contribution < 1.29 is 16.0 Å². The number of H-pyrrole nitrogens is 1. The van der Waals surface area contributed by atoms with Crippen molar-refractivity contribution in [2.45, 2.75) is 25.1 Å². The van der Waals surface area contributed by atoms with Gasteiger partial charge < -0.3 is 10.2 Å². The number of aromatic amines is 1. The molecule has 0 atom stereocenters. The standard InChI is InChI=1S/C23H21F3N6.2H2/c24-23(25,26)18-8-9-19(29-21(18)20-17-7-4-12-27-22(17)31-30-20)32-13-10-16(11-14-32)28-15-5-2-1-3-6-15;;/h1-9,12,16,28H,10-11,13-14H2,(H,27,30,31);2*1H. The number of fused-ring (bicyclic) bond motifs is 1. The smallest absolute Gasteiger partial charge is 0.382 e. The van der Waals surface area contributed by atoms with Crippen LogP contribution in [0.2, 0.25) is 0 Å². The van der Waals surface area contributed by atoms with E-state index in [1.807, 2.05) is 35.2 Å². The van der Waals surface area contributed by atoms with Gasteiger partial charge in [0.25, 0.3) is 0 Å². The molecule has 2 N–H and O–H groups in total. The average Bonchev–Trinajstić information content (AvgIpc) is 3.23. The van der Waals surface area contributed by atoms with Crippen LogP contribution in [0.4, 0.5) is 24.7 Å². The van der Waals surface area contributed by atoms with E-state index in [1.165, 1.54) is 6.07 Å². The average molecular weight is 442 g/mol. The summed E-state index contributed by atoms with van der Waals surface area (Å²) < 4.78 is 41.3. The normalized spacial score (nSPS) is 15.3. The first-order valence-corrected chi connectivity index (χ1v) is 10.4. The third-order valence-electron chi connectivity index (χ3n) is 5.72. The van der Waals surface area contributed by atoms with Crippen LogP contribution in [0.3, 0.4) is 0 Å². The van der Waals surface area contributed by atoms with E-state index in [1.54, 1.807) is 18.3 Å². The van der Waals surface area contributed by atoms with E-state index in [-0.39, 0.29) is 14.2 Å². The molecule has 1 aromatic carbocycles. The molecular formula is C23H25F3N6. The Hall–Kier alpha value is -3.62. The van der Waals surface area contributed by atoms with Crippen molar-refractivity contribution in [3.63, 3.8) is 0 Å². The summed E-state index contributed by atoms with van der Waals surface area (Å²) in [5.41, 5.74) is 0.700. The predicted octanol–water partition coefficient (Wildman–Crippen LogP) is 5.61. The third-order valence-corrected chi connectivity index (χ3v) is 5.72. The van der Waals surface area contributed by atoms with Crippen LogP contribution in [0.15, 0.2) is 60.8 Å². The van der Waals surface area contributed by atoms with Gasteiger partial charge >= 0.3 is 6.18 Å². The van der Waals surface area contributed by atoms with Crippen molar-refractivity contribution in [3.8, 4) is 11.4 Å². The third kappa shape index (κ3) is 3.98. The summed E-state index contributed by atoms with van der Waals surface area (Å²) in [5, 5.41) is 10.8. The molecule has 1 fully saturated rings. The molecule has 0 unspecified atom stereocenters. The minimum Gasteiger partial charge on any atom is -0.382 e. The van der Waals surface area contributed by atoms with Gasteiger partial charge in [0, 0.05) is 39.3 Å². The van der Waals surface area contributed by atoms with E-state index in [0.717, 1.165) is 24.6 Å². The molecule has 1 saturated heterocycles. The molecule has 0 spiro atoms. The fourth-order valence-electron chi connectivity index (χ4n) is 4.10. The van der Waals surface area contributed by atoms with Crippen molar-refractivity contribution >= 4 is 22.5 Å². The van der Waals surface area contributed by atoms with Crippen molar-refractivity contribution in [2.75, 3.05) is 23.3 Å². The molecule has 1 aliphatic rings. The fraction of sp³-hybridized carbons (Fsp3) is 0.261. The summed E-state index contributed by atoms with van der Waals surface area (Å²) in [4.78, 5) is 10.6. The molecular weight excluding hydrogens is 417 g/mol. The highest BCUT2D eigenvalue weighted by Crippen LogP contribution is 2.38. The molecule has 1 aliphatic heterocycles. The molecule has 32 heavy (non-hydrogen) atoms. The molecule has 0 amide bonds. The van der Waals surface area contributed by atoms with Crippen LogP contribution in [0.1, 0.15) is 21.3 Å². The molecule has 4 aromatic rings. The van der Waals surface area contributed by atoms with Crippen molar-refractivity contribution in [2.24, 2.45) is 0 Å². The number of alkyl halides is 3. The van der Waals surface area contributed by atoms with Gasteiger partial charge in [-0.3, -0.25) is 5.10 Å². The lowest BCUT2D eigenvalue weighted by atomic mass is 10.0. The summed E-state index contributed by atoms with van der Waals surface area (Å²) in [5.74, 6) is 0.526. The number of halogens is 3. The van der Waals surface area contributed by atoms with Crippen LogP contribution < -0.4 is 10.2 Å². The number of pyridine rings is 2. The zero-order chi connectivity index (χ0) is 22.1. The van der Waals surface area contributed by atoms with Gasteiger partial charge in [0.15, 0.2) is 5.65 Å². The number of aromatic nitrogens is 4. The molecule has 0 aliphatic carbocycles. The maximum atomic E-state index is 13.8. The van der Waals surface area contributed by atoms with Gasteiger partial charge in [-0.15, -0.1) is 0 Å². The van der Waals surface area contributed by atoms with Crippen LogP contribution in [-0.2, 0) is 6.18 Å². The van der Waals surface area contributed by atoms with Crippen LogP contribution in [-0.4, -0.2) is 39.3 Å². The Morgan fingerprint density at radius 2 is 1.78 bits per heavy atom. The lowest BCUT2D eigenvalue weighted by Crippen LogP contribution is -2.39. The largest absolute Gasteiger partial charge is 0.418 e. The molecule has 5 rings (SSSR count). The first-order valence-electron chi connectivity index (χ1n) is 10.4. The Kier molecular flexibility index (Phi) is 5.16. The van der Waals surface area contributed by atoms with Crippen molar-refractivity contribution in [3.05, 3.63) is 66.4 Å². The maximum absolute atomic E-state index is 13.8. The van der Waals surface area contributed by atoms with E-state index in [4.69, 9.17) is 0 Å². The lowest BCUT2D eigenvalue weighted by molar-refractivity contribution is -0.137. The first kappa shape index (κ1) is 20.3. The number of hydrogen-bond acceptors (Lipinski definition) is 5. The van der Waals surface area contributed by atoms with Gasteiger partial charge in [0.2, 0.25) is 0 Å². The van der Waals surface area contributed by atoms with E-state index < -0.39 is 11.7 Å². The monoisotopic (exact) mass is 442 g/mol. The van der Waals surface area contributed by atoms with Gasteiger partial charge in [0.05, 0.1) is 11.3 Å². The number of hydrogen-bond donors (Lipinski definition) is 2. The Balaban J connectivity index is 0.00000162. The van der Waals surface area contributed by atoms with Gasteiger partial charge in [-0.2, -0.15) is 18.3 Å². The molecule has 0 bridgehead atoms. The summed E-state index contributed by atoms with van der Waals surface area (Å²) in [7, 11) is 0. The summed E-state index contributed by atoms with van der Waals surface area (Å²) in [6.45, 7) is 1.40. The van der Waals surface area contributed by atoms with Gasteiger partial charge in [0.1, 0.15) is 11.5 Å². The Labute approximate surface area is 185 Å². The van der Waals surface area contributed by atoms with Crippen LogP contribution in [0.25, 0.3) is 22.4 Å². The quantitative estimate of drug-likeness (QED) is 0.430. The summed E-state index contributed by atoms with van der Waals surface area (Å²) in [6.07, 6.45) is -1.25. The number of anilines is 2. The van der Waals surface area contributed by atoms with Gasteiger partial charge in [-0.05, 0) is 49.2 Å². The van der Waals surface area contributed by atoms with E-state index >= 15 is 0 Å². The highest BCUT2D eigenvalue weighted by atomic mass is 19.4. The molecule has 168 valence electrons. The second-order valence-corrected chi connectivity index (χ2v) is 7.81. The van der Waals surface area contributed by atoms with E-state index in [2.05, 4.69) is 25.5 Å². The van der Waals surface area contributed by atoms with E-state index in [9.17, 15) is 13.2 Å². The SMILES string of the molecule is FC(F)(F)c1ccc(N2CCC(Nc3ccccc3)CC2)nc1-c1[nH]nc2ncccc12.[HH].[HH]. The summed E-state index contributed by atoms with van der Waals surface area (Å²) in [6, 6.07) is 16.2. The Morgan fingerprint density at radius 3 is 2.53 bits per heavy atom. The molecule has 0 radical (unpaired) electrons. The zero-order valence-corrected chi connectivity index (χ0v) is 17.1. The Morgan fingerprint density at radius 1 is 1.00 bits per heavy atom. The molecule has 9 heteroatoms. The predicted molar refractivity (Wildman–Crippen MR) is 122 cm³/mol. The van der Waals surface area contributed by atoms with Crippen molar-refractivity contribution in [1.29, 1.82) is 0 Å². The number of nitrogens with zero attached hydrogens (tertiary/aromatic N) is 4. The number of para-hydroxylation sites is 1. The maximum Gasteiger partial charge on any atom is 0.418 e. The Bertz CT molecular complexity index is 1220. The van der Waals surface area contributed by atoms with Gasteiger partial charge in [-0.1, -0.05) is 18.2 Å². The first-order chi connectivity index (χ1) is 15.5. The summed E-state index contributed by atoms with van der Waals surface area (Å²) >= 11 is 0. The van der Waals surface area contributed by atoms with Gasteiger partial charge in [-0.25, -0.2) is 9.97 Å².